The number of benzene rings is 1. The van der Waals surface area contributed by atoms with Crippen LogP contribution in [-0.2, 0) is 11.8 Å². The molecule has 11 heteroatoms. The average Bonchev–Trinajstić information content (AvgIpc) is 3.06. The van der Waals surface area contributed by atoms with Gasteiger partial charge in [0.1, 0.15) is 4.75 Å². The van der Waals surface area contributed by atoms with Crippen molar-refractivity contribution in [3.8, 4) is 5.75 Å². The Morgan fingerprint density at radius 1 is 1.29 bits per heavy atom. The second kappa shape index (κ2) is 8.18. The molecule has 1 saturated heterocycles. The van der Waals surface area contributed by atoms with E-state index in [-0.39, 0.29) is 11.3 Å². The van der Waals surface area contributed by atoms with Crippen molar-refractivity contribution in [3.63, 3.8) is 0 Å². The minimum Gasteiger partial charge on any atom is -0.493 e. The van der Waals surface area contributed by atoms with Crippen LogP contribution in [0.15, 0.2) is 35.3 Å². The number of nitrogens with one attached hydrogen (secondary N) is 1. The van der Waals surface area contributed by atoms with Crippen LogP contribution in [0.1, 0.15) is 24.8 Å². The molecule has 0 spiro atoms. The Bertz CT molecular complexity index is 1070. The fraction of sp³-hybridized carbons (Fsp3) is 0.400. The van der Waals surface area contributed by atoms with Crippen LogP contribution >= 0.6 is 11.8 Å². The number of pyridine rings is 1. The molecule has 3 atom stereocenters. The Hall–Kier alpha value is -2.56. The van der Waals surface area contributed by atoms with Gasteiger partial charge in [-0.2, -0.15) is 17.6 Å². The van der Waals surface area contributed by atoms with Gasteiger partial charge >= 0.3 is 6.18 Å². The van der Waals surface area contributed by atoms with Crippen LogP contribution in [-0.4, -0.2) is 33.8 Å². The van der Waals surface area contributed by atoms with Crippen molar-refractivity contribution in [3.05, 3.63) is 58.0 Å². The Morgan fingerprint density at radius 3 is 2.55 bits per heavy atom. The summed E-state index contributed by atoms with van der Waals surface area (Å²) in [5, 5.41) is 1.16. The van der Waals surface area contributed by atoms with Crippen LogP contribution < -0.4 is 15.6 Å². The summed E-state index contributed by atoms with van der Waals surface area (Å²) in [4.78, 5) is 24.7. The maximum absolute atomic E-state index is 14.2. The predicted octanol–water partition coefficient (Wildman–Crippen LogP) is 4.22. The molecule has 1 aliphatic rings. The lowest BCUT2D eigenvalue weighted by molar-refractivity contribution is -0.155. The number of thioether (sulfide) groups is 1. The van der Waals surface area contributed by atoms with Gasteiger partial charge in [-0.25, -0.2) is 4.39 Å². The van der Waals surface area contributed by atoms with Gasteiger partial charge in [-0.3, -0.25) is 9.59 Å². The summed E-state index contributed by atoms with van der Waals surface area (Å²) in [5.41, 5.74) is -0.341. The number of hydrogen-bond acceptors (Lipinski definition) is 4. The highest BCUT2D eigenvalue weighted by Gasteiger charge is 2.60. The number of halogens is 5. The molecule has 3 unspecified atom stereocenters. The fourth-order valence-electron chi connectivity index (χ4n) is 3.52. The molecule has 2 aromatic rings. The van der Waals surface area contributed by atoms with Crippen LogP contribution in [0.5, 0.6) is 5.75 Å². The average molecular weight is 462 g/mol. The first kappa shape index (κ1) is 23.1. The van der Waals surface area contributed by atoms with Crippen LogP contribution in [0.25, 0.3) is 0 Å². The Kier molecular flexibility index (Phi) is 6.09. The Labute approximate surface area is 178 Å². The van der Waals surface area contributed by atoms with Gasteiger partial charge in [0.25, 0.3) is 5.56 Å². The smallest absolute Gasteiger partial charge is 0.403 e. The van der Waals surface area contributed by atoms with Gasteiger partial charge in [0.05, 0.1) is 12.4 Å². The second-order valence-electron chi connectivity index (χ2n) is 7.42. The summed E-state index contributed by atoms with van der Waals surface area (Å²) < 4.78 is 73.0. The summed E-state index contributed by atoms with van der Waals surface area (Å²) in [6.07, 6.45) is -3.80. The number of anilines is 1. The van der Waals surface area contributed by atoms with Crippen molar-refractivity contribution < 1.29 is 31.5 Å². The summed E-state index contributed by atoms with van der Waals surface area (Å²) in [5.74, 6) is -5.00. The van der Waals surface area contributed by atoms with E-state index in [1.807, 2.05) is 0 Å². The molecule has 1 N–H and O–H groups in total. The third-order valence-corrected chi connectivity index (χ3v) is 6.99. The van der Waals surface area contributed by atoms with E-state index >= 15 is 0 Å². The van der Waals surface area contributed by atoms with E-state index in [0.29, 0.717) is 11.8 Å². The van der Waals surface area contributed by atoms with Crippen molar-refractivity contribution in [2.45, 2.75) is 35.4 Å². The van der Waals surface area contributed by atoms with E-state index in [1.54, 1.807) is 0 Å². The number of carbonyl (C=O) groups is 1. The molecule has 3 rings (SSSR count). The number of methoxy groups -OCH3 is 1. The van der Waals surface area contributed by atoms with E-state index in [2.05, 4.69) is 5.32 Å². The van der Waals surface area contributed by atoms with Crippen molar-refractivity contribution >= 4 is 23.4 Å². The molecule has 0 saturated carbocycles. The molecular weight excluding hydrogens is 443 g/mol. The number of aryl methyl sites for hydroxylation is 1. The highest BCUT2D eigenvalue weighted by molar-refractivity contribution is 8.02. The zero-order chi connectivity index (χ0) is 23.1. The molecule has 31 heavy (non-hydrogen) atoms. The first-order valence-corrected chi connectivity index (χ1v) is 10.00. The highest BCUT2D eigenvalue weighted by Crippen LogP contribution is 2.59. The third-order valence-electron chi connectivity index (χ3n) is 5.28. The van der Waals surface area contributed by atoms with E-state index in [4.69, 9.17) is 4.74 Å². The minimum atomic E-state index is -4.65. The molecule has 0 radical (unpaired) electrons. The van der Waals surface area contributed by atoms with E-state index in [9.17, 15) is 31.5 Å². The number of rotatable bonds is 4. The largest absolute Gasteiger partial charge is 0.493 e. The van der Waals surface area contributed by atoms with Crippen molar-refractivity contribution in [1.29, 1.82) is 0 Å². The van der Waals surface area contributed by atoms with Crippen molar-refractivity contribution in [1.82, 2.24) is 4.57 Å². The number of alkyl halides is 3. The monoisotopic (exact) mass is 462 g/mol. The first-order valence-electron chi connectivity index (χ1n) is 9.12. The van der Waals surface area contributed by atoms with E-state index < -0.39 is 57.4 Å². The fourth-order valence-corrected chi connectivity index (χ4v) is 5.06. The van der Waals surface area contributed by atoms with Gasteiger partial charge in [0, 0.05) is 36.5 Å². The van der Waals surface area contributed by atoms with E-state index in [1.165, 1.54) is 23.9 Å². The number of nitrogens with zero attached hydrogens (tertiary/aromatic N) is 1. The third kappa shape index (κ3) is 4.28. The molecule has 168 valence electrons. The molecule has 1 aromatic heterocycles. The first-order chi connectivity index (χ1) is 14.4. The lowest BCUT2D eigenvalue weighted by Crippen LogP contribution is -2.37. The normalized spacial score (nSPS) is 23.6. The summed E-state index contributed by atoms with van der Waals surface area (Å²) in [6.45, 7) is 0.961. The molecule has 5 nitrogen and oxygen atoms in total. The summed E-state index contributed by atoms with van der Waals surface area (Å²) in [6, 6.07) is 4.47. The maximum atomic E-state index is 14.2. The van der Waals surface area contributed by atoms with Gasteiger partial charge in [0.15, 0.2) is 11.6 Å². The van der Waals surface area contributed by atoms with Gasteiger partial charge in [-0.15, -0.1) is 11.8 Å². The van der Waals surface area contributed by atoms with Crippen LogP contribution in [0.2, 0.25) is 0 Å². The number of aromatic nitrogens is 1. The second-order valence-corrected chi connectivity index (χ2v) is 9.06. The lowest BCUT2D eigenvalue weighted by Gasteiger charge is -2.26. The van der Waals surface area contributed by atoms with Crippen molar-refractivity contribution in [2.24, 2.45) is 7.05 Å². The van der Waals surface area contributed by atoms with Gasteiger partial charge < -0.3 is 14.6 Å². The molecule has 1 aliphatic heterocycles. The summed E-state index contributed by atoms with van der Waals surface area (Å²) >= 11 is 0.395. The molecule has 2 heterocycles. The zero-order valence-corrected chi connectivity index (χ0v) is 17.5. The molecule has 0 bridgehead atoms. The van der Waals surface area contributed by atoms with Crippen LogP contribution in [0.4, 0.5) is 27.6 Å². The number of ether oxygens (including phenoxy) is 1. The van der Waals surface area contributed by atoms with Gasteiger partial charge in [-0.05, 0) is 25.5 Å². The Morgan fingerprint density at radius 2 is 1.97 bits per heavy atom. The SMILES string of the molecule is COc1c(C2CC(C)(C(F)(F)F)SC2C(=O)Nc2ccn(C)c(=O)c2)ccc(F)c1F. The maximum Gasteiger partial charge on any atom is 0.403 e. The minimum absolute atomic E-state index is 0.0361. The molecular formula is C20H19F5N2O3S. The van der Waals surface area contributed by atoms with Gasteiger partial charge in [-0.1, -0.05) is 6.07 Å². The zero-order valence-electron chi connectivity index (χ0n) is 16.7. The van der Waals surface area contributed by atoms with Crippen LogP contribution in [0.3, 0.4) is 0 Å². The molecule has 1 amide bonds. The van der Waals surface area contributed by atoms with Crippen LogP contribution in [0, 0.1) is 11.6 Å². The number of amides is 1. The quantitative estimate of drug-likeness (QED) is 0.692. The number of carbonyl (C=O) groups excluding carboxylic acids is 1. The standard InChI is InChI=1S/C20H19F5N2O3S/c1-19(20(23,24)25)9-12(11-4-5-13(21)15(22)16(11)30-3)17(31-19)18(29)26-10-6-7-27(2)14(28)8-10/h4-8,12,17H,9H2,1-3H3,(H,26,29). The lowest BCUT2D eigenvalue weighted by atomic mass is 9.85. The summed E-state index contributed by atoms with van der Waals surface area (Å²) in [7, 11) is 2.57. The molecule has 1 aromatic carbocycles. The number of hydrogen-bond donors (Lipinski definition) is 1. The molecule has 0 aliphatic carbocycles. The van der Waals surface area contributed by atoms with Gasteiger partial charge in [0.2, 0.25) is 11.7 Å². The van der Waals surface area contributed by atoms with E-state index in [0.717, 1.165) is 32.2 Å². The predicted molar refractivity (Wildman–Crippen MR) is 106 cm³/mol. The van der Waals surface area contributed by atoms with Crippen molar-refractivity contribution in [2.75, 3.05) is 12.4 Å². The molecule has 1 fully saturated rings. The topological polar surface area (TPSA) is 60.3 Å². The highest BCUT2D eigenvalue weighted by atomic mass is 32.2. The Balaban J connectivity index is 2.03.